The molecule has 0 aromatic heterocycles. The third kappa shape index (κ3) is 6.45. The molecule has 1 saturated heterocycles. The summed E-state index contributed by atoms with van der Waals surface area (Å²) < 4.78 is 49.6. The van der Waals surface area contributed by atoms with Crippen molar-refractivity contribution in [1.82, 2.24) is 14.5 Å². The Labute approximate surface area is 160 Å². The lowest BCUT2D eigenvalue weighted by Crippen LogP contribution is -2.53. The number of nitrogens with zero attached hydrogens (tertiary/aromatic N) is 1. The van der Waals surface area contributed by atoms with Crippen molar-refractivity contribution in [3.8, 4) is 0 Å². The number of rotatable bonds is 6. The van der Waals surface area contributed by atoms with Gasteiger partial charge in [-0.2, -0.15) is 8.42 Å². The molecule has 150 valence electrons. The van der Waals surface area contributed by atoms with Crippen LogP contribution >= 0.6 is 19.2 Å². The summed E-state index contributed by atoms with van der Waals surface area (Å²) >= 11 is 5.76. The van der Waals surface area contributed by atoms with Crippen LogP contribution in [-0.2, 0) is 31.0 Å². The molecule has 1 aromatic rings. The van der Waals surface area contributed by atoms with Gasteiger partial charge in [0.15, 0.2) is 0 Å². The van der Waals surface area contributed by atoms with Gasteiger partial charge in [0.05, 0.1) is 0 Å². The SMILES string of the molecule is N[P@](=O)(NS(=O)(=O)O)N1CCC[C@@H](NC(=O)OCc2ccc(Cl)cc2)C1=O. The van der Waals surface area contributed by atoms with E-state index in [2.05, 4.69) is 5.32 Å². The molecule has 0 unspecified atom stereocenters. The van der Waals surface area contributed by atoms with Crippen molar-refractivity contribution in [1.29, 1.82) is 0 Å². The molecule has 1 aliphatic rings. The molecule has 0 bridgehead atoms. The van der Waals surface area contributed by atoms with Gasteiger partial charge in [0, 0.05) is 11.6 Å². The van der Waals surface area contributed by atoms with Crippen LogP contribution in [0.5, 0.6) is 0 Å². The number of benzene rings is 1. The number of amides is 2. The number of piperidine rings is 1. The molecule has 2 atom stereocenters. The van der Waals surface area contributed by atoms with E-state index in [1.807, 2.05) is 0 Å². The lowest BCUT2D eigenvalue weighted by molar-refractivity contribution is -0.130. The first-order chi connectivity index (χ1) is 12.5. The number of alkyl carbamates (subject to hydrolysis) is 1. The van der Waals surface area contributed by atoms with Crippen molar-refractivity contribution in [3.05, 3.63) is 34.9 Å². The lowest BCUT2D eigenvalue weighted by atomic mass is 10.1. The first-order valence-corrected chi connectivity index (χ1v) is 11.2. The Morgan fingerprint density at radius 1 is 1.41 bits per heavy atom. The van der Waals surface area contributed by atoms with Crippen LogP contribution in [0, 0.1) is 0 Å². The van der Waals surface area contributed by atoms with Gasteiger partial charge in [0.2, 0.25) is 0 Å². The number of carbonyl (C=O) groups excluding carboxylic acids is 2. The van der Waals surface area contributed by atoms with Gasteiger partial charge < -0.3 is 10.1 Å². The molecule has 11 nitrogen and oxygen atoms in total. The molecular weight excluding hydrogens is 423 g/mol. The Morgan fingerprint density at radius 2 is 2.04 bits per heavy atom. The number of halogens is 1. The van der Waals surface area contributed by atoms with Crippen LogP contribution < -0.4 is 15.3 Å². The smallest absolute Gasteiger partial charge is 0.408 e. The zero-order chi connectivity index (χ0) is 20.2. The number of hydrogen-bond acceptors (Lipinski definition) is 6. The fraction of sp³-hybridized carbons (Fsp3) is 0.385. The van der Waals surface area contributed by atoms with E-state index in [1.54, 1.807) is 24.3 Å². The predicted molar refractivity (Wildman–Crippen MR) is 96.0 cm³/mol. The second-order valence-corrected chi connectivity index (χ2v) is 9.54. The summed E-state index contributed by atoms with van der Waals surface area (Å²) in [6, 6.07) is 5.48. The minimum Gasteiger partial charge on any atom is -0.445 e. The third-order valence-electron chi connectivity index (χ3n) is 3.60. The highest BCUT2D eigenvalue weighted by Gasteiger charge is 2.40. The third-order valence-corrected chi connectivity index (χ3v) is 6.93. The molecule has 2 amide bonds. The average Bonchev–Trinajstić information content (AvgIpc) is 2.54. The summed E-state index contributed by atoms with van der Waals surface area (Å²) in [4.78, 5) is 24.3. The molecule has 1 heterocycles. The molecule has 0 saturated carbocycles. The summed E-state index contributed by atoms with van der Waals surface area (Å²) in [5.74, 6) is -0.855. The van der Waals surface area contributed by atoms with Gasteiger partial charge in [0.25, 0.3) is 5.91 Å². The zero-order valence-electron chi connectivity index (χ0n) is 13.9. The van der Waals surface area contributed by atoms with E-state index in [4.69, 9.17) is 26.4 Å². The van der Waals surface area contributed by atoms with Crippen molar-refractivity contribution >= 4 is 41.5 Å². The number of hydrogen-bond donors (Lipinski definition) is 4. The standard InChI is InChI=1S/C13H18ClN4O7PS/c14-10-5-3-9(4-6-10)8-25-13(20)16-11-2-1-7-18(12(11)19)26(15,21)17-27(22,23)24/h3-6,11H,1-2,7-8H2,(H,16,20)(H3,15,17,21)(H,22,23,24)/t11-,26+/m1/s1. The van der Waals surface area contributed by atoms with Gasteiger partial charge in [-0.3, -0.25) is 24.1 Å². The quantitative estimate of drug-likeness (QED) is 0.375. The van der Waals surface area contributed by atoms with Crippen LogP contribution in [-0.4, -0.2) is 42.2 Å². The van der Waals surface area contributed by atoms with E-state index < -0.39 is 35.9 Å². The molecule has 0 radical (unpaired) electrons. The van der Waals surface area contributed by atoms with Gasteiger partial charge in [-0.1, -0.05) is 23.7 Å². The summed E-state index contributed by atoms with van der Waals surface area (Å²) in [5.41, 5.74) is 6.04. The highest BCUT2D eigenvalue weighted by atomic mass is 35.5. The maximum absolute atomic E-state index is 12.4. The Kier molecular flexibility index (Phi) is 6.84. The van der Waals surface area contributed by atoms with E-state index in [9.17, 15) is 22.6 Å². The molecular formula is C13H18ClN4O7PS. The topological polar surface area (TPSA) is 168 Å². The van der Waals surface area contributed by atoms with Crippen LogP contribution in [0.2, 0.25) is 5.02 Å². The van der Waals surface area contributed by atoms with Gasteiger partial charge in [-0.05, 0) is 30.5 Å². The van der Waals surface area contributed by atoms with E-state index in [-0.39, 0.29) is 19.6 Å². The van der Waals surface area contributed by atoms with Crippen LogP contribution in [0.15, 0.2) is 24.3 Å². The van der Waals surface area contributed by atoms with Gasteiger partial charge in [-0.15, -0.1) is 4.49 Å². The number of nitrogens with two attached hydrogens (primary N) is 1. The zero-order valence-corrected chi connectivity index (χ0v) is 16.3. The van der Waals surface area contributed by atoms with E-state index in [0.29, 0.717) is 21.7 Å². The van der Waals surface area contributed by atoms with Gasteiger partial charge in [0.1, 0.15) is 12.6 Å². The molecule has 2 rings (SSSR count). The highest BCUT2D eigenvalue weighted by Crippen LogP contribution is 2.40. The fourth-order valence-electron chi connectivity index (χ4n) is 2.42. The monoisotopic (exact) mass is 440 g/mol. The first-order valence-electron chi connectivity index (χ1n) is 7.62. The number of nitrogens with one attached hydrogen (secondary N) is 2. The van der Waals surface area contributed by atoms with Crippen LogP contribution in [0.4, 0.5) is 4.79 Å². The number of ether oxygens (including phenoxy) is 1. The molecule has 0 aliphatic carbocycles. The molecule has 5 N–H and O–H groups in total. The molecule has 0 spiro atoms. The Morgan fingerprint density at radius 3 is 2.63 bits per heavy atom. The minimum atomic E-state index is -4.89. The Balaban J connectivity index is 1.95. The molecule has 1 fully saturated rings. The van der Waals surface area contributed by atoms with Gasteiger partial charge in [-0.25, -0.2) is 4.79 Å². The maximum Gasteiger partial charge on any atom is 0.408 e. The van der Waals surface area contributed by atoms with E-state index in [0.717, 1.165) is 0 Å². The Bertz CT molecular complexity index is 864. The van der Waals surface area contributed by atoms with Gasteiger partial charge >= 0.3 is 24.0 Å². The second-order valence-electron chi connectivity index (χ2n) is 5.69. The average molecular weight is 441 g/mol. The largest absolute Gasteiger partial charge is 0.445 e. The minimum absolute atomic E-state index is 0.0622. The number of carbonyl (C=O) groups is 2. The van der Waals surface area contributed by atoms with Crippen LogP contribution in [0.3, 0.4) is 0 Å². The highest BCUT2D eigenvalue weighted by molar-refractivity contribution is 7.90. The van der Waals surface area contributed by atoms with Crippen molar-refractivity contribution in [3.63, 3.8) is 0 Å². The first kappa shape index (κ1) is 21.6. The summed E-state index contributed by atoms with van der Waals surface area (Å²) in [5, 5.41) is 2.85. The normalized spacial score (nSPS) is 20.0. The molecule has 14 heteroatoms. The molecule has 1 aromatic carbocycles. The fourth-order valence-corrected chi connectivity index (χ4v) is 5.13. The summed E-state index contributed by atoms with van der Waals surface area (Å²) in [6.07, 6.45) is -0.376. The molecule has 1 aliphatic heterocycles. The van der Waals surface area contributed by atoms with Crippen LogP contribution in [0.25, 0.3) is 0 Å². The Hall–Kier alpha value is -1.69. The van der Waals surface area contributed by atoms with Crippen molar-refractivity contribution in [2.75, 3.05) is 6.54 Å². The second kappa shape index (κ2) is 8.55. The van der Waals surface area contributed by atoms with E-state index >= 15 is 0 Å². The lowest BCUT2D eigenvalue weighted by Gasteiger charge is -2.35. The van der Waals surface area contributed by atoms with Crippen LogP contribution in [0.1, 0.15) is 18.4 Å². The van der Waals surface area contributed by atoms with E-state index in [1.165, 1.54) is 4.49 Å². The van der Waals surface area contributed by atoms with Crippen molar-refractivity contribution in [2.24, 2.45) is 5.50 Å². The van der Waals surface area contributed by atoms with Crippen molar-refractivity contribution < 1.29 is 31.9 Å². The summed E-state index contributed by atoms with van der Waals surface area (Å²) in [7, 11) is -9.29. The van der Waals surface area contributed by atoms with Crippen molar-refractivity contribution in [2.45, 2.75) is 25.5 Å². The molecule has 27 heavy (non-hydrogen) atoms. The summed E-state index contributed by atoms with van der Waals surface area (Å²) in [6.45, 7) is -0.166. The predicted octanol–water partition coefficient (Wildman–Crippen LogP) is 1.02. The maximum atomic E-state index is 12.4.